The molecule has 1 amide bonds. The van der Waals surface area contributed by atoms with Crippen LogP contribution in [0.5, 0.6) is 23.0 Å². The van der Waals surface area contributed by atoms with Crippen LogP contribution in [0.2, 0.25) is 0 Å². The molecule has 0 aliphatic heterocycles. The fourth-order valence-corrected chi connectivity index (χ4v) is 3.71. The van der Waals surface area contributed by atoms with Crippen LogP contribution in [0.4, 0.5) is 0 Å². The van der Waals surface area contributed by atoms with E-state index in [1.165, 1.54) is 20.6 Å². The lowest BCUT2D eigenvalue weighted by Gasteiger charge is -2.19. The fraction of sp³-hybridized carbons (Fsp3) is 0.400. The van der Waals surface area contributed by atoms with Gasteiger partial charge in [0.05, 0.1) is 32.6 Å². The van der Waals surface area contributed by atoms with Crippen molar-refractivity contribution < 1.29 is 28.5 Å². The van der Waals surface area contributed by atoms with Crippen LogP contribution in [0.15, 0.2) is 41.5 Å². The summed E-state index contributed by atoms with van der Waals surface area (Å²) in [5.74, 6) is 1.05. The van der Waals surface area contributed by atoms with E-state index in [1.807, 2.05) is 6.92 Å². The van der Waals surface area contributed by atoms with E-state index in [0.29, 0.717) is 35.0 Å². The molecule has 0 spiro atoms. The maximum Gasteiger partial charge on any atom is 0.343 e. The average molecular weight is 455 g/mol. The van der Waals surface area contributed by atoms with Gasteiger partial charge >= 0.3 is 5.97 Å². The maximum absolute atomic E-state index is 12.7. The Hall–Kier alpha value is -3.55. The number of ether oxygens (including phenoxy) is 4. The molecular weight excluding hydrogens is 424 g/mol. The molecule has 8 heteroatoms. The highest BCUT2D eigenvalue weighted by Gasteiger charge is 2.20. The Balaban J connectivity index is 1.69. The summed E-state index contributed by atoms with van der Waals surface area (Å²) < 4.78 is 21.7. The first kappa shape index (κ1) is 24.1. The fourth-order valence-electron chi connectivity index (χ4n) is 3.71. The minimum atomic E-state index is -0.557. The van der Waals surface area contributed by atoms with Crippen LogP contribution in [0.1, 0.15) is 54.9 Å². The Bertz CT molecular complexity index is 998. The van der Waals surface area contributed by atoms with Crippen LogP contribution < -0.4 is 24.4 Å². The highest BCUT2D eigenvalue weighted by molar-refractivity contribution is 5.92. The third kappa shape index (κ3) is 6.47. The maximum atomic E-state index is 12.7. The number of nitrogens with zero attached hydrogens (tertiary/aromatic N) is 1. The number of hydrogen-bond donors (Lipinski definition) is 1. The van der Waals surface area contributed by atoms with Gasteiger partial charge in [-0.05, 0) is 61.7 Å². The number of benzene rings is 2. The monoisotopic (exact) mass is 454 g/mol. The number of esters is 1. The van der Waals surface area contributed by atoms with Crippen LogP contribution in [0.3, 0.4) is 0 Å². The molecular formula is C25H30N2O6. The zero-order chi connectivity index (χ0) is 23.6. The van der Waals surface area contributed by atoms with Crippen LogP contribution >= 0.6 is 0 Å². The minimum absolute atomic E-state index is 0.0354. The number of hydrazone groups is 1. The molecule has 0 aromatic heterocycles. The van der Waals surface area contributed by atoms with E-state index in [-0.39, 0.29) is 17.6 Å². The first-order valence-corrected chi connectivity index (χ1v) is 11.1. The second kappa shape index (κ2) is 11.9. The van der Waals surface area contributed by atoms with Crippen molar-refractivity contribution in [2.45, 2.75) is 39.0 Å². The topological polar surface area (TPSA) is 95.5 Å². The van der Waals surface area contributed by atoms with Crippen LogP contribution in [-0.2, 0) is 4.79 Å². The molecule has 2 aromatic carbocycles. The van der Waals surface area contributed by atoms with E-state index < -0.39 is 5.97 Å². The largest absolute Gasteiger partial charge is 0.493 e. The molecule has 2 aromatic rings. The van der Waals surface area contributed by atoms with Gasteiger partial charge in [0.15, 0.2) is 23.0 Å². The molecule has 0 heterocycles. The van der Waals surface area contributed by atoms with Crippen LogP contribution in [-0.4, -0.2) is 38.9 Å². The summed E-state index contributed by atoms with van der Waals surface area (Å²) in [5, 5.41) is 4.08. The van der Waals surface area contributed by atoms with Crippen molar-refractivity contribution in [1.29, 1.82) is 0 Å². The average Bonchev–Trinajstić information content (AvgIpc) is 2.85. The second-order valence-corrected chi connectivity index (χ2v) is 7.67. The van der Waals surface area contributed by atoms with E-state index in [2.05, 4.69) is 10.5 Å². The quantitative estimate of drug-likeness (QED) is 0.262. The number of rotatable bonds is 9. The predicted molar refractivity (Wildman–Crippen MR) is 124 cm³/mol. The number of methoxy groups -OCH3 is 2. The first-order chi connectivity index (χ1) is 16.0. The summed E-state index contributed by atoms with van der Waals surface area (Å²) in [6, 6.07) is 9.86. The number of carbonyl (C=O) groups is 2. The Morgan fingerprint density at radius 1 is 0.970 bits per heavy atom. The molecule has 8 nitrogen and oxygen atoms in total. The zero-order valence-electron chi connectivity index (χ0n) is 19.3. The molecule has 176 valence electrons. The number of amides is 1. The Morgan fingerprint density at radius 2 is 1.70 bits per heavy atom. The lowest BCUT2D eigenvalue weighted by Crippen LogP contribution is -2.28. The molecule has 1 N–H and O–H groups in total. The molecule has 0 bridgehead atoms. The van der Waals surface area contributed by atoms with Gasteiger partial charge in [0, 0.05) is 5.92 Å². The molecule has 1 saturated carbocycles. The summed E-state index contributed by atoms with van der Waals surface area (Å²) in [5.41, 5.74) is 3.64. The van der Waals surface area contributed by atoms with Crippen molar-refractivity contribution in [2.75, 3.05) is 20.8 Å². The summed E-state index contributed by atoms with van der Waals surface area (Å²) in [6.45, 7) is 2.23. The molecule has 1 aliphatic carbocycles. The van der Waals surface area contributed by atoms with E-state index >= 15 is 0 Å². The second-order valence-electron chi connectivity index (χ2n) is 7.67. The minimum Gasteiger partial charge on any atom is -0.493 e. The lowest BCUT2D eigenvalue weighted by atomic mass is 9.89. The van der Waals surface area contributed by atoms with Crippen LogP contribution in [0, 0.1) is 5.92 Å². The summed E-state index contributed by atoms with van der Waals surface area (Å²) >= 11 is 0. The third-order valence-electron chi connectivity index (χ3n) is 5.45. The van der Waals surface area contributed by atoms with Crippen molar-refractivity contribution >= 4 is 18.1 Å². The summed E-state index contributed by atoms with van der Waals surface area (Å²) in [6.07, 6.45) is 6.73. The van der Waals surface area contributed by atoms with Gasteiger partial charge in [-0.2, -0.15) is 5.10 Å². The highest BCUT2D eigenvalue weighted by Crippen LogP contribution is 2.31. The van der Waals surface area contributed by atoms with Crippen molar-refractivity contribution in [3.63, 3.8) is 0 Å². The molecule has 1 aliphatic rings. The first-order valence-electron chi connectivity index (χ1n) is 11.1. The summed E-state index contributed by atoms with van der Waals surface area (Å²) in [7, 11) is 3.02. The molecule has 0 atom stereocenters. The van der Waals surface area contributed by atoms with Crippen molar-refractivity contribution in [1.82, 2.24) is 5.43 Å². The van der Waals surface area contributed by atoms with Crippen molar-refractivity contribution in [2.24, 2.45) is 11.0 Å². The molecule has 0 unspecified atom stereocenters. The molecule has 3 rings (SSSR count). The smallest absolute Gasteiger partial charge is 0.343 e. The van der Waals surface area contributed by atoms with Gasteiger partial charge in [-0.25, -0.2) is 10.2 Å². The van der Waals surface area contributed by atoms with Gasteiger partial charge in [-0.1, -0.05) is 19.3 Å². The number of nitrogens with one attached hydrogen (secondary N) is 1. The van der Waals surface area contributed by atoms with Gasteiger partial charge in [-0.3, -0.25) is 4.79 Å². The predicted octanol–water partition coefficient (Wildman–Crippen LogP) is 4.35. The standard InChI is InChI=1S/C25H30N2O6/c1-4-32-23-14-17(16-26-27-24(28)18-8-6-5-7-9-18)10-12-21(23)33-25(29)19-11-13-20(30-2)22(15-19)31-3/h10-16,18H,4-9H2,1-3H3,(H,27,28)/b26-16+. The van der Waals surface area contributed by atoms with E-state index in [9.17, 15) is 9.59 Å². The van der Waals surface area contributed by atoms with E-state index in [4.69, 9.17) is 18.9 Å². The van der Waals surface area contributed by atoms with Gasteiger partial charge in [0.1, 0.15) is 0 Å². The van der Waals surface area contributed by atoms with Crippen LogP contribution in [0.25, 0.3) is 0 Å². The Morgan fingerprint density at radius 3 is 2.39 bits per heavy atom. The SMILES string of the molecule is CCOc1cc(/C=N/NC(=O)C2CCCCC2)ccc1OC(=O)c1ccc(OC)c(OC)c1. The highest BCUT2D eigenvalue weighted by atomic mass is 16.6. The normalized spacial score (nSPS) is 14.0. The molecule has 0 radical (unpaired) electrons. The summed E-state index contributed by atoms with van der Waals surface area (Å²) in [4.78, 5) is 24.9. The van der Waals surface area contributed by atoms with Crippen molar-refractivity contribution in [3.8, 4) is 23.0 Å². The Kier molecular flexibility index (Phi) is 8.69. The molecule has 1 fully saturated rings. The van der Waals surface area contributed by atoms with E-state index in [0.717, 1.165) is 25.7 Å². The van der Waals surface area contributed by atoms with Gasteiger partial charge in [0.2, 0.25) is 5.91 Å². The number of carbonyl (C=O) groups excluding carboxylic acids is 2. The molecule has 0 saturated heterocycles. The van der Waals surface area contributed by atoms with E-state index in [1.54, 1.807) is 42.6 Å². The van der Waals surface area contributed by atoms with Gasteiger partial charge < -0.3 is 18.9 Å². The Labute approximate surface area is 193 Å². The van der Waals surface area contributed by atoms with Crippen molar-refractivity contribution in [3.05, 3.63) is 47.5 Å². The molecule has 33 heavy (non-hydrogen) atoms. The third-order valence-corrected chi connectivity index (χ3v) is 5.45. The van der Waals surface area contributed by atoms with Gasteiger partial charge in [0.25, 0.3) is 0 Å². The zero-order valence-corrected chi connectivity index (χ0v) is 19.3. The number of hydrogen-bond acceptors (Lipinski definition) is 7. The lowest BCUT2D eigenvalue weighted by molar-refractivity contribution is -0.125. The van der Waals surface area contributed by atoms with Gasteiger partial charge in [-0.15, -0.1) is 0 Å².